The molecular weight excluding hydrogens is 198 g/mol. The molecule has 0 amide bonds. The third-order valence-corrected chi connectivity index (χ3v) is 3.76. The van der Waals surface area contributed by atoms with Crippen molar-refractivity contribution in [2.45, 2.75) is 32.2 Å². The van der Waals surface area contributed by atoms with Crippen molar-refractivity contribution in [1.82, 2.24) is 10.3 Å². The van der Waals surface area contributed by atoms with E-state index in [1.807, 2.05) is 0 Å². The topological polar surface area (TPSA) is 28.2 Å². The van der Waals surface area contributed by atoms with E-state index < -0.39 is 0 Å². The number of aromatic nitrogens is 1. The van der Waals surface area contributed by atoms with Crippen LogP contribution in [0.25, 0.3) is 0 Å². The van der Waals surface area contributed by atoms with Crippen LogP contribution < -0.4 is 10.2 Å². The molecule has 1 aromatic heterocycles. The number of fused-ring (bicyclic) bond motifs is 1. The number of hydrogen-bond donors (Lipinski definition) is 1. The Labute approximate surface area is 96.9 Å². The van der Waals surface area contributed by atoms with Crippen molar-refractivity contribution in [1.29, 1.82) is 0 Å². The lowest BCUT2D eigenvalue weighted by Crippen LogP contribution is -2.50. The molecule has 2 heterocycles. The van der Waals surface area contributed by atoms with Gasteiger partial charge >= 0.3 is 0 Å². The standard InChI is InChI=1S/C13H19N3/c1-10-8-14-5-6-16(10)13-7-11-3-2-4-12(11)9-15-13/h7,9-10,14H,2-6,8H2,1H3/t10-/m1/s1. The zero-order chi connectivity index (χ0) is 11.0. The molecule has 0 unspecified atom stereocenters. The van der Waals surface area contributed by atoms with E-state index in [2.05, 4.69) is 34.4 Å². The molecule has 16 heavy (non-hydrogen) atoms. The smallest absolute Gasteiger partial charge is 0.129 e. The van der Waals surface area contributed by atoms with Gasteiger partial charge in [-0.1, -0.05) is 0 Å². The normalized spacial score (nSPS) is 24.6. The third kappa shape index (κ3) is 1.69. The number of rotatable bonds is 1. The first kappa shape index (κ1) is 10.1. The van der Waals surface area contributed by atoms with Gasteiger partial charge in [-0.05, 0) is 43.4 Å². The minimum Gasteiger partial charge on any atom is -0.351 e. The molecule has 0 spiro atoms. The third-order valence-electron chi connectivity index (χ3n) is 3.76. The zero-order valence-corrected chi connectivity index (χ0v) is 9.87. The van der Waals surface area contributed by atoms with Crippen LogP contribution in [0.2, 0.25) is 0 Å². The predicted molar refractivity (Wildman–Crippen MR) is 65.9 cm³/mol. The lowest BCUT2D eigenvalue weighted by molar-refractivity contribution is 0.497. The van der Waals surface area contributed by atoms with E-state index in [-0.39, 0.29) is 0 Å². The van der Waals surface area contributed by atoms with Gasteiger partial charge in [-0.15, -0.1) is 0 Å². The highest BCUT2D eigenvalue weighted by Gasteiger charge is 2.21. The number of nitrogens with one attached hydrogen (secondary N) is 1. The SMILES string of the molecule is C[C@@H]1CNCCN1c1cc2c(cn1)CCC2. The van der Waals surface area contributed by atoms with E-state index in [0.29, 0.717) is 6.04 Å². The van der Waals surface area contributed by atoms with Crippen molar-refractivity contribution in [3.05, 3.63) is 23.4 Å². The quantitative estimate of drug-likeness (QED) is 0.770. The molecule has 3 rings (SSSR count). The first-order valence-electron chi connectivity index (χ1n) is 6.30. The first-order valence-corrected chi connectivity index (χ1v) is 6.30. The number of anilines is 1. The number of aryl methyl sites for hydroxylation is 2. The van der Waals surface area contributed by atoms with Crippen molar-refractivity contribution in [3.63, 3.8) is 0 Å². The van der Waals surface area contributed by atoms with E-state index in [0.717, 1.165) is 19.6 Å². The van der Waals surface area contributed by atoms with Gasteiger partial charge in [-0.3, -0.25) is 0 Å². The minimum atomic E-state index is 0.556. The second-order valence-corrected chi connectivity index (χ2v) is 4.91. The Morgan fingerprint density at radius 3 is 3.12 bits per heavy atom. The van der Waals surface area contributed by atoms with Gasteiger partial charge in [-0.25, -0.2) is 4.98 Å². The summed E-state index contributed by atoms with van der Waals surface area (Å²) in [6, 6.07) is 2.87. The number of pyridine rings is 1. The minimum absolute atomic E-state index is 0.556. The van der Waals surface area contributed by atoms with Crippen molar-refractivity contribution in [2.24, 2.45) is 0 Å². The number of piperazine rings is 1. The van der Waals surface area contributed by atoms with Gasteiger partial charge in [0.25, 0.3) is 0 Å². The maximum absolute atomic E-state index is 4.62. The van der Waals surface area contributed by atoms with E-state index >= 15 is 0 Å². The summed E-state index contributed by atoms with van der Waals surface area (Å²) < 4.78 is 0. The zero-order valence-electron chi connectivity index (χ0n) is 9.87. The van der Waals surface area contributed by atoms with Gasteiger partial charge in [0.2, 0.25) is 0 Å². The average molecular weight is 217 g/mol. The molecule has 1 aliphatic carbocycles. The fourth-order valence-electron chi connectivity index (χ4n) is 2.78. The van der Waals surface area contributed by atoms with Gasteiger partial charge in [0.05, 0.1) is 0 Å². The van der Waals surface area contributed by atoms with Crippen LogP contribution in [0.5, 0.6) is 0 Å². The summed E-state index contributed by atoms with van der Waals surface area (Å²) >= 11 is 0. The van der Waals surface area contributed by atoms with Gasteiger partial charge in [-0.2, -0.15) is 0 Å². The van der Waals surface area contributed by atoms with Gasteiger partial charge < -0.3 is 10.2 Å². The summed E-state index contributed by atoms with van der Waals surface area (Å²) in [5.41, 5.74) is 2.99. The Morgan fingerprint density at radius 1 is 1.38 bits per heavy atom. The Hall–Kier alpha value is -1.09. The van der Waals surface area contributed by atoms with Crippen LogP contribution in [0.15, 0.2) is 12.3 Å². The summed E-state index contributed by atoms with van der Waals surface area (Å²) in [5.74, 6) is 1.18. The molecule has 1 aliphatic heterocycles. The Bertz CT molecular complexity index is 389. The summed E-state index contributed by atoms with van der Waals surface area (Å²) in [4.78, 5) is 7.05. The fourth-order valence-corrected chi connectivity index (χ4v) is 2.78. The average Bonchev–Trinajstić information content (AvgIpc) is 2.76. The van der Waals surface area contributed by atoms with Crippen molar-refractivity contribution >= 4 is 5.82 Å². The molecule has 1 aromatic rings. The fraction of sp³-hybridized carbons (Fsp3) is 0.615. The van der Waals surface area contributed by atoms with Crippen molar-refractivity contribution < 1.29 is 0 Å². The highest BCUT2D eigenvalue weighted by molar-refractivity contribution is 5.46. The summed E-state index contributed by atoms with van der Waals surface area (Å²) in [7, 11) is 0. The Balaban J connectivity index is 1.88. The van der Waals surface area contributed by atoms with Crippen molar-refractivity contribution in [3.8, 4) is 0 Å². The molecule has 0 bridgehead atoms. The van der Waals surface area contributed by atoms with Gasteiger partial charge in [0, 0.05) is 31.9 Å². The van der Waals surface area contributed by atoms with E-state index in [1.165, 1.54) is 36.2 Å². The second kappa shape index (κ2) is 4.06. The summed E-state index contributed by atoms with van der Waals surface area (Å²) in [6.07, 6.45) is 5.86. The molecule has 3 heteroatoms. The molecule has 2 aliphatic rings. The lowest BCUT2D eigenvalue weighted by atomic mass is 10.1. The molecular formula is C13H19N3. The van der Waals surface area contributed by atoms with Crippen LogP contribution in [-0.4, -0.2) is 30.7 Å². The van der Waals surface area contributed by atoms with Crippen LogP contribution in [0.3, 0.4) is 0 Å². The molecule has 1 saturated heterocycles. The largest absolute Gasteiger partial charge is 0.351 e. The first-order chi connectivity index (χ1) is 7.84. The Kier molecular flexibility index (Phi) is 2.56. The van der Waals surface area contributed by atoms with Crippen LogP contribution in [0, 0.1) is 0 Å². The molecule has 3 nitrogen and oxygen atoms in total. The second-order valence-electron chi connectivity index (χ2n) is 4.91. The Morgan fingerprint density at radius 2 is 2.25 bits per heavy atom. The molecule has 0 saturated carbocycles. The predicted octanol–water partition coefficient (Wildman–Crippen LogP) is 1.37. The maximum Gasteiger partial charge on any atom is 0.129 e. The van der Waals surface area contributed by atoms with Crippen LogP contribution in [-0.2, 0) is 12.8 Å². The summed E-state index contributed by atoms with van der Waals surface area (Å²) in [6.45, 7) is 5.48. The molecule has 86 valence electrons. The summed E-state index contributed by atoms with van der Waals surface area (Å²) in [5, 5.41) is 3.42. The van der Waals surface area contributed by atoms with Crippen LogP contribution >= 0.6 is 0 Å². The van der Waals surface area contributed by atoms with E-state index in [9.17, 15) is 0 Å². The van der Waals surface area contributed by atoms with Crippen LogP contribution in [0.1, 0.15) is 24.5 Å². The number of nitrogens with zero attached hydrogens (tertiary/aromatic N) is 2. The number of hydrogen-bond acceptors (Lipinski definition) is 3. The maximum atomic E-state index is 4.62. The molecule has 1 fully saturated rings. The monoisotopic (exact) mass is 217 g/mol. The van der Waals surface area contributed by atoms with Crippen molar-refractivity contribution in [2.75, 3.05) is 24.5 Å². The highest BCUT2D eigenvalue weighted by atomic mass is 15.3. The van der Waals surface area contributed by atoms with E-state index in [4.69, 9.17) is 0 Å². The molecule has 1 N–H and O–H groups in total. The van der Waals surface area contributed by atoms with Gasteiger partial charge in [0.15, 0.2) is 0 Å². The molecule has 1 atom stereocenters. The van der Waals surface area contributed by atoms with E-state index in [1.54, 1.807) is 0 Å². The highest BCUT2D eigenvalue weighted by Crippen LogP contribution is 2.25. The lowest BCUT2D eigenvalue weighted by Gasteiger charge is -2.35. The van der Waals surface area contributed by atoms with Crippen LogP contribution in [0.4, 0.5) is 5.82 Å². The molecule has 0 radical (unpaired) electrons. The molecule has 0 aromatic carbocycles. The van der Waals surface area contributed by atoms with Gasteiger partial charge in [0.1, 0.15) is 5.82 Å².